The molecule has 2 aromatic rings. The summed E-state index contributed by atoms with van der Waals surface area (Å²) in [5.74, 6) is 2.17. The zero-order valence-electron chi connectivity index (χ0n) is 8.89. The van der Waals surface area contributed by atoms with Crippen molar-refractivity contribution in [3.63, 3.8) is 0 Å². The Balaban J connectivity index is 1.93. The van der Waals surface area contributed by atoms with Crippen LogP contribution < -0.4 is 5.32 Å². The van der Waals surface area contributed by atoms with Gasteiger partial charge >= 0.3 is 0 Å². The van der Waals surface area contributed by atoms with Crippen LogP contribution in [0.15, 0.2) is 12.4 Å². The first kappa shape index (κ1) is 9.84. The number of anilines is 1. The molecule has 2 atom stereocenters. The third-order valence-electron chi connectivity index (χ3n) is 3.00. The monoisotopic (exact) mass is 237 g/mol. The number of rotatable bonds is 3. The van der Waals surface area contributed by atoms with Gasteiger partial charge in [-0.05, 0) is 12.3 Å². The molecule has 6 heteroatoms. The summed E-state index contributed by atoms with van der Waals surface area (Å²) in [7, 11) is 0. The summed E-state index contributed by atoms with van der Waals surface area (Å²) in [4.78, 5) is 8.10. The van der Waals surface area contributed by atoms with Crippen LogP contribution in [0.25, 0.3) is 5.78 Å². The van der Waals surface area contributed by atoms with E-state index in [1.807, 2.05) is 0 Å². The molecule has 1 N–H and O–H groups in total. The van der Waals surface area contributed by atoms with E-state index in [-0.39, 0.29) is 0 Å². The van der Waals surface area contributed by atoms with Gasteiger partial charge in [0.25, 0.3) is 5.78 Å². The molecular formula is C10H12ClN5. The molecule has 0 aliphatic heterocycles. The molecule has 2 aromatic heterocycles. The van der Waals surface area contributed by atoms with E-state index in [1.165, 1.54) is 19.2 Å². The van der Waals surface area contributed by atoms with Crippen LogP contribution in [0.2, 0.25) is 5.15 Å². The minimum atomic E-state index is 0.441. The molecule has 1 fully saturated rings. The first-order valence-electron chi connectivity index (χ1n) is 5.40. The highest BCUT2D eigenvalue weighted by Gasteiger charge is 2.35. The van der Waals surface area contributed by atoms with Crippen LogP contribution in [0.1, 0.15) is 19.8 Å². The maximum atomic E-state index is 5.92. The Labute approximate surface area is 97.8 Å². The van der Waals surface area contributed by atoms with E-state index in [0.29, 0.717) is 17.0 Å². The zero-order chi connectivity index (χ0) is 11.1. The van der Waals surface area contributed by atoms with Crippen LogP contribution in [-0.4, -0.2) is 25.6 Å². The van der Waals surface area contributed by atoms with E-state index < -0.39 is 0 Å². The standard InChI is InChI=1S/C10H12ClN5/c1-2-6-3-7(6)14-9-4-8(11)15-10-12-5-13-16(9)10/h4-7,14H,2-3H2,1H3. The van der Waals surface area contributed by atoms with E-state index in [9.17, 15) is 0 Å². The molecule has 0 radical (unpaired) electrons. The molecule has 16 heavy (non-hydrogen) atoms. The molecule has 0 bridgehead atoms. The Morgan fingerprint density at radius 3 is 3.25 bits per heavy atom. The van der Waals surface area contributed by atoms with Crippen molar-refractivity contribution in [3.8, 4) is 0 Å². The Bertz CT molecular complexity index is 523. The largest absolute Gasteiger partial charge is 0.367 e. The van der Waals surface area contributed by atoms with Gasteiger partial charge in [-0.15, -0.1) is 0 Å². The van der Waals surface area contributed by atoms with Crippen molar-refractivity contribution in [1.29, 1.82) is 0 Å². The van der Waals surface area contributed by atoms with Crippen LogP contribution in [0.4, 0.5) is 5.82 Å². The van der Waals surface area contributed by atoms with Crippen molar-refractivity contribution in [3.05, 3.63) is 17.5 Å². The third kappa shape index (κ3) is 1.61. The fourth-order valence-electron chi connectivity index (χ4n) is 1.95. The van der Waals surface area contributed by atoms with Crippen molar-refractivity contribution < 1.29 is 0 Å². The molecule has 2 heterocycles. The highest BCUT2D eigenvalue weighted by Crippen LogP contribution is 2.36. The second kappa shape index (κ2) is 3.59. The van der Waals surface area contributed by atoms with E-state index in [1.54, 1.807) is 10.6 Å². The van der Waals surface area contributed by atoms with Gasteiger partial charge in [-0.3, -0.25) is 0 Å². The van der Waals surface area contributed by atoms with E-state index in [4.69, 9.17) is 11.6 Å². The molecule has 0 amide bonds. The lowest BCUT2D eigenvalue weighted by Crippen LogP contribution is -2.09. The minimum absolute atomic E-state index is 0.441. The summed E-state index contributed by atoms with van der Waals surface area (Å²) >= 11 is 5.92. The second-order valence-electron chi connectivity index (χ2n) is 4.09. The Morgan fingerprint density at radius 2 is 2.50 bits per heavy atom. The SMILES string of the molecule is CCC1CC1Nc1cc(Cl)nc2ncnn12. The van der Waals surface area contributed by atoms with Crippen molar-refractivity contribution in [2.45, 2.75) is 25.8 Å². The number of aromatic nitrogens is 4. The molecule has 2 unspecified atom stereocenters. The first-order chi connectivity index (χ1) is 7.78. The van der Waals surface area contributed by atoms with Crippen LogP contribution in [0.3, 0.4) is 0 Å². The number of halogens is 1. The van der Waals surface area contributed by atoms with Gasteiger partial charge in [-0.1, -0.05) is 24.9 Å². The average Bonchev–Trinajstić information content (AvgIpc) is 2.83. The number of hydrogen-bond donors (Lipinski definition) is 1. The highest BCUT2D eigenvalue weighted by atomic mass is 35.5. The predicted octanol–water partition coefficient (Wildman–Crippen LogP) is 1.99. The molecule has 1 saturated carbocycles. The van der Waals surface area contributed by atoms with Gasteiger partial charge in [0.05, 0.1) is 0 Å². The Morgan fingerprint density at radius 1 is 1.62 bits per heavy atom. The molecule has 84 valence electrons. The topological polar surface area (TPSA) is 55.1 Å². The molecule has 3 rings (SSSR count). The molecule has 0 spiro atoms. The lowest BCUT2D eigenvalue weighted by molar-refractivity contribution is 0.769. The van der Waals surface area contributed by atoms with E-state index in [2.05, 4.69) is 27.3 Å². The molecule has 1 aliphatic carbocycles. The Kier molecular flexibility index (Phi) is 2.21. The summed E-state index contributed by atoms with van der Waals surface area (Å²) in [6, 6.07) is 2.32. The van der Waals surface area contributed by atoms with Gasteiger partial charge in [-0.25, -0.2) is 0 Å². The van der Waals surface area contributed by atoms with Crippen LogP contribution in [0, 0.1) is 5.92 Å². The van der Waals surface area contributed by atoms with Gasteiger partial charge in [0.2, 0.25) is 0 Å². The smallest absolute Gasteiger partial charge is 0.255 e. The van der Waals surface area contributed by atoms with Crippen LogP contribution in [-0.2, 0) is 0 Å². The minimum Gasteiger partial charge on any atom is -0.367 e. The van der Waals surface area contributed by atoms with Gasteiger partial charge in [0.1, 0.15) is 17.3 Å². The van der Waals surface area contributed by atoms with Crippen molar-refractivity contribution in [2.75, 3.05) is 5.32 Å². The highest BCUT2D eigenvalue weighted by molar-refractivity contribution is 6.29. The number of nitrogens with zero attached hydrogens (tertiary/aromatic N) is 4. The van der Waals surface area contributed by atoms with Gasteiger partial charge in [0.15, 0.2) is 0 Å². The Hall–Kier alpha value is -1.36. The zero-order valence-corrected chi connectivity index (χ0v) is 9.65. The maximum absolute atomic E-state index is 5.92. The number of nitrogens with one attached hydrogen (secondary N) is 1. The summed E-state index contributed by atoms with van der Waals surface area (Å²) in [5.41, 5.74) is 0. The fraction of sp³-hybridized carbons (Fsp3) is 0.500. The summed E-state index contributed by atoms with van der Waals surface area (Å²) in [6.45, 7) is 2.21. The summed E-state index contributed by atoms with van der Waals surface area (Å²) in [6.07, 6.45) is 3.90. The molecular weight excluding hydrogens is 226 g/mol. The third-order valence-corrected chi connectivity index (χ3v) is 3.19. The molecule has 0 saturated heterocycles. The molecule has 1 aliphatic rings. The van der Waals surface area contributed by atoms with Gasteiger partial charge in [-0.2, -0.15) is 19.6 Å². The summed E-state index contributed by atoms with van der Waals surface area (Å²) in [5, 5.41) is 7.98. The molecule has 0 aromatic carbocycles. The normalized spacial score (nSPS) is 23.6. The van der Waals surface area contributed by atoms with E-state index in [0.717, 1.165) is 11.7 Å². The fourth-order valence-corrected chi connectivity index (χ4v) is 2.13. The quantitative estimate of drug-likeness (QED) is 0.830. The lowest BCUT2D eigenvalue weighted by Gasteiger charge is -2.07. The van der Waals surface area contributed by atoms with E-state index >= 15 is 0 Å². The number of fused-ring (bicyclic) bond motifs is 1. The second-order valence-corrected chi connectivity index (χ2v) is 4.48. The van der Waals surface area contributed by atoms with Gasteiger partial charge in [0, 0.05) is 12.1 Å². The predicted molar refractivity (Wildman–Crippen MR) is 61.6 cm³/mol. The summed E-state index contributed by atoms with van der Waals surface area (Å²) < 4.78 is 1.68. The lowest BCUT2D eigenvalue weighted by atomic mass is 10.3. The van der Waals surface area contributed by atoms with Crippen molar-refractivity contribution in [2.24, 2.45) is 5.92 Å². The maximum Gasteiger partial charge on any atom is 0.255 e. The number of hydrogen-bond acceptors (Lipinski definition) is 4. The van der Waals surface area contributed by atoms with Gasteiger partial charge < -0.3 is 5.32 Å². The average molecular weight is 238 g/mol. The van der Waals surface area contributed by atoms with Crippen LogP contribution in [0.5, 0.6) is 0 Å². The molecule has 5 nitrogen and oxygen atoms in total. The van der Waals surface area contributed by atoms with Crippen molar-refractivity contribution >= 4 is 23.2 Å². The van der Waals surface area contributed by atoms with Crippen LogP contribution >= 0.6 is 11.6 Å². The van der Waals surface area contributed by atoms with Crippen molar-refractivity contribution in [1.82, 2.24) is 19.6 Å². The first-order valence-corrected chi connectivity index (χ1v) is 5.78.